The Morgan fingerprint density at radius 3 is 2.60 bits per heavy atom. The first-order valence-electron chi connectivity index (χ1n) is 17.5. The number of nitrogens with one attached hydrogen (secondary N) is 2. The standard InChI is InChI=1S/C39H50N4O3S2/c1-4-7-30-9-11-33(47-30)34-12-13-35(48-34)36(46)31-10-8-27(22-39(31)17-16-38(24-39)14-5-6-15-38)32(43-37(40)41-3)20-26-18-28(21-29(45)19-26)42-23-25(2)44/h9,11-13,18-19,21,25,27,31-32,42,44-45H,5-6,8,10,14-17,20,22-24H2,1-3H3,(H3,40,41,43)/t25-,27+,31+,32+,39+/m0/s1. The molecule has 0 saturated heterocycles. The molecule has 7 nitrogen and oxygen atoms in total. The minimum Gasteiger partial charge on any atom is -0.508 e. The molecule has 3 aliphatic rings. The fourth-order valence-electron chi connectivity index (χ4n) is 9.11. The summed E-state index contributed by atoms with van der Waals surface area (Å²) in [6.45, 7) is 3.99. The lowest BCUT2D eigenvalue weighted by Crippen LogP contribution is -2.50. The number of phenols is 1. The van der Waals surface area contributed by atoms with Crippen LogP contribution in [0.4, 0.5) is 5.69 Å². The molecule has 3 aliphatic carbocycles. The van der Waals surface area contributed by atoms with Gasteiger partial charge < -0.3 is 26.6 Å². The van der Waals surface area contributed by atoms with Crippen LogP contribution in [-0.2, 0) is 6.42 Å². The van der Waals surface area contributed by atoms with Gasteiger partial charge in [0.1, 0.15) is 5.75 Å². The molecule has 6 N–H and O–H groups in total. The van der Waals surface area contributed by atoms with Gasteiger partial charge in [-0.25, -0.2) is 0 Å². The van der Waals surface area contributed by atoms with E-state index in [0.29, 0.717) is 36.0 Å². The average Bonchev–Trinajstić information content (AvgIpc) is 3.88. The molecule has 0 amide bonds. The summed E-state index contributed by atoms with van der Waals surface area (Å²) in [5.74, 6) is 7.37. The summed E-state index contributed by atoms with van der Waals surface area (Å²) in [7, 11) is 1.70. The Hall–Kier alpha value is -3.32. The molecule has 3 aromatic rings. The van der Waals surface area contributed by atoms with Gasteiger partial charge in [0.15, 0.2) is 11.7 Å². The zero-order chi connectivity index (χ0) is 33.9. The van der Waals surface area contributed by atoms with Crippen LogP contribution in [-0.4, -0.2) is 47.7 Å². The summed E-state index contributed by atoms with van der Waals surface area (Å²) >= 11 is 3.32. The number of carbonyl (C=O) groups excluding carboxylic acids is 1. The highest BCUT2D eigenvalue weighted by Crippen LogP contribution is 2.65. The van der Waals surface area contributed by atoms with Gasteiger partial charge >= 0.3 is 0 Å². The zero-order valence-corrected chi connectivity index (χ0v) is 30.1. The molecule has 3 fully saturated rings. The summed E-state index contributed by atoms with van der Waals surface area (Å²) < 4.78 is 0. The van der Waals surface area contributed by atoms with Crippen molar-refractivity contribution in [3.63, 3.8) is 0 Å². The lowest BCUT2D eigenvalue weighted by molar-refractivity contribution is 0.0339. The van der Waals surface area contributed by atoms with Crippen LogP contribution in [0, 0.1) is 34.5 Å². The molecular formula is C39H50N4O3S2. The quantitative estimate of drug-likeness (QED) is 0.0642. The number of phenolic OH excluding ortho intramolecular Hbond substituents is 1. The number of anilines is 1. The number of guanidine groups is 1. The molecule has 2 heterocycles. The van der Waals surface area contributed by atoms with Crippen LogP contribution >= 0.6 is 22.7 Å². The fourth-order valence-corrected chi connectivity index (χ4v) is 11.1. The molecule has 1 aromatic carbocycles. The van der Waals surface area contributed by atoms with E-state index in [4.69, 9.17) is 5.73 Å². The molecular weight excluding hydrogens is 637 g/mol. The molecule has 3 saturated carbocycles. The molecule has 0 radical (unpaired) electrons. The van der Waals surface area contributed by atoms with E-state index in [0.717, 1.165) is 58.0 Å². The van der Waals surface area contributed by atoms with E-state index in [1.165, 1.54) is 37.0 Å². The number of carbonyl (C=O) groups is 1. The number of nitrogens with two attached hydrogens (primary N) is 1. The first kappa shape index (κ1) is 34.5. The number of aliphatic hydroxyl groups is 1. The van der Waals surface area contributed by atoms with Crippen molar-refractivity contribution in [3.8, 4) is 27.3 Å². The Labute approximate surface area is 293 Å². The van der Waals surface area contributed by atoms with Crippen molar-refractivity contribution in [1.82, 2.24) is 5.32 Å². The first-order chi connectivity index (χ1) is 23.1. The summed E-state index contributed by atoms with van der Waals surface area (Å²) in [4.78, 5) is 23.1. The molecule has 48 heavy (non-hydrogen) atoms. The Morgan fingerprint density at radius 1 is 1.08 bits per heavy atom. The molecule has 256 valence electrons. The molecule has 6 rings (SSSR count). The number of ketones is 1. The van der Waals surface area contributed by atoms with Crippen LogP contribution in [0.1, 0.15) is 98.2 Å². The third-order valence-corrected chi connectivity index (χ3v) is 13.5. The minimum absolute atomic E-state index is 0.000699. The SMILES string of the molecule is CC#Cc1ccc(-c2ccc(C(=O)[C@H]3CC[C@@H]([C@@H](Cc4cc(O)cc(NC[C@H](C)O)c4)NC(N)=NC)C[C@@]34CCC3(CCCC3)C4)s2)s1. The van der Waals surface area contributed by atoms with E-state index < -0.39 is 6.10 Å². The van der Waals surface area contributed by atoms with E-state index in [9.17, 15) is 15.0 Å². The first-order valence-corrected chi connectivity index (χ1v) is 19.1. The predicted octanol–water partition coefficient (Wildman–Crippen LogP) is 7.82. The van der Waals surface area contributed by atoms with Gasteiger partial charge in [0.05, 0.1) is 15.9 Å². The highest BCUT2D eigenvalue weighted by molar-refractivity contribution is 7.23. The van der Waals surface area contributed by atoms with E-state index in [1.807, 2.05) is 19.1 Å². The third-order valence-electron chi connectivity index (χ3n) is 11.2. The second-order valence-corrected chi connectivity index (χ2v) is 16.8. The summed E-state index contributed by atoms with van der Waals surface area (Å²) in [6.07, 6.45) is 11.6. The van der Waals surface area contributed by atoms with Gasteiger partial charge in [0, 0.05) is 47.1 Å². The molecule has 0 unspecified atom stereocenters. The molecule has 5 atom stereocenters. The normalized spacial score (nSPS) is 24.7. The smallest absolute Gasteiger partial charge is 0.188 e. The number of aliphatic imine (C=N–C) groups is 1. The Balaban J connectivity index is 1.27. The van der Waals surface area contributed by atoms with Gasteiger partial charge in [-0.3, -0.25) is 9.79 Å². The van der Waals surface area contributed by atoms with Crippen molar-refractivity contribution in [2.75, 3.05) is 18.9 Å². The van der Waals surface area contributed by atoms with Crippen molar-refractivity contribution >= 4 is 40.1 Å². The summed E-state index contributed by atoms with van der Waals surface area (Å²) in [5.41, 5.74) is 8.42. The third kappa shape index (κ3) is 7.61. The summed E-state index contributed by atoms with van der Waals surface area (Å²) in [5, 5.41) is 27.1. The van der Waals surface area contributed by atoms with Crippen molar-refractivity contribution in [2.45, 2.75) is 96.6 Å². The number of hydrogen-bond donors (Lipinski definition) is 5. The summed E-state index contributed by atoms with van der Waals surface area (Å²) in [6, 6.07) is 13.9. The highest BCUT2D eigenvalue weighted by atomic mass is 32.1. The second-order valence-electron chi connectivity index (χ2n) is 14.6. The second kappa shape index (κ2) is 14.7. The topological polar surface area (TPSA) is 120 Å². The lowest BCUT2D eigenvalue weighted by atomic mass is 9.58. The number of thiophene rings is 2. The van der Waals surface area contributed by atoms with E-state index in [-0.39, 0.29) is 23.1 Å². The Kier molecular flexibility index (Phi) is 10.5. The van der Waals surface area contributed by atoms with E-state index >= 15 is 0 Å². The van der Waals surface area contributed by atoms with Crippen LogP contribution in [0.5, 0.6) is 5.75 Å². The zero-order valence-electron chi connectivity index (χ0n) is 28.5. The van der Waals surface area contributed by atoms with Crippen molar-refractivity contribution in [3.05, 3.63) is 57.8 Å². The predicted molar refractivity (Wildman–Crippen MR) is 199 cm³/mol. The number of Topliss-reactive ketones (excluding diaryl/α,β-unsaturated/α-hetero) is 1. The highest BCUT2D eigenvalue weighted by Gasteiger charge is 2.57. The molecule has 2 spiro atoms. The maximum atomic E-state index is 14.6. The minimum atomic E-state index is -0.501. The van der Waals surface area contributed by atoms with Gasteiger partial charge in [0.2, 0.25) is 0 Å². The van der Waals surface area contributed by atoms with Crippen molar-refractivity contribution < 1.29 is 15.0 Å². The fraction of sp³-hybridized carbons (Fsp3) is 0.538. The van der Waals surface area contributed by atoms with Crippen LogP contribution in [0.2, 0.25) is 0 Å². The van der Waals surface area contributed by atoms with Crippen molar-refractivity contribution in [2.24, 2.45) is 33.4 Å². The number of aliphatic hydroxyl groups excluding tert-OH is 1. The maximum absolute atomic E-state index is 14.6. The average molecular weight is 687 g/mol. The van der Waals surface area contributed by atoms with Crippen molar-refractivity contribution in [1.29, 1.82) is 0 Å². The maximum Gasteiger partial charge on any atom is 0.188 e. The largest absolute Gasteiger partial charge is 0.508 e. The van der Waals surface area contributed by atoms with Gasteiger partial charge in [-0.05, 0) is 130 Å². The van der Waals surface area contributed by atoms with E-state index in [2.05, 4.69) is 51.7 Å². The molecule has 2 aromatic heterocycles. The number of benzene rings is 1. The van der Waals surface area contributed by atoms with Gasteiger partial charge in [0.25, 0.3) is 0 Å². The Bertz CT molecular complexity index is 1690. The molecule has 0 aliphatic heterocycles. The van der Waals surface area contributed by atoms with Gasteiger partial charge in [-0.1, -0.05) is 18.8 Å². The number of nitrogens with zero attached hydrogens (tertiary/aromatic N) is 1. The van der Waals surface area contributed by atoms with E-state index in [1.54, 1.807) is 42.7 Å². The lowest BCUT2D eigenvalue weighted by Gasteiger charge is -2.47. The Morgan fingerprint density at radius 2 is 1.85 bits per heavy atom. The number of aromatic hydroxyl groups is 1. The number of rotatable bonds is 10. The van der Waals surface area contributed by atoms with Crippen LogP contribution in [0.15, 0.2) is 47.5 Å². The van der Waals surface area contributed by atoms with Gasteiger partial charge in [-0.15, -0.1) is 28.6 Å². The van der Waals surface area contributed by atoms with Crippen LogP contribution in [0.25, 0.3) is 9.75 Å². The molecule has 9 heteroatoms. The number of hydrogen-bond acceptors (Lipinski definition) is 7. The van der Waals surface area contributed by atoms with Crippen LogP contribution in [0.3, 0.4) is 0 Å². The monoisotopic (exact) mass is 686 g/mol. The van der Waals surface area contributed by atoms with Gasteiger partial charge in [-0.2, -0.15) is 0 Å². The molecule has 0 bridgehead atoms. The van der Waals surface area contributed by atoms with Crippen LogP contribution < -0.4 is 16.4 Å².